The Bertz CT molecular complexity index is 1410. The monoisotopic (exact) mass is 472 g/mol. The summed E-state index contributed by atoms with van der Waals surface area (Å²) in [6, 6.07) is 14.5. The number of nitrogens with one attached hydrogen (secondary N) is 1. The molecule has 2 heterocycles. The summed E-state index contributed by atoms with van der Waals surface area (Å²) in [5.41, 5.74) is 3.01. The van der Waals surface area contributed by atoms with Crippen LogP contribution in [0, 0.1) is 13.8 Å². The van der Waals surface area contributed by atoms with Crippen LogP contribution in [0.2, 0.25) is 0 Å². The van der Waals surface area contributed by atoms with Crippen molar-refractivity contribution in [3.63, 3.8) is 0 Å². The number of imide groups is 1. The number of hydrogen-bond acceptors (Lipinski definition) is 7. The molecule has 3 amide bonds. The van der Waals surface area contributed by atoms with E-state index in [0.717, 1.165) is 16.0 Å². The van der Waals surface area contributed by atoms with Gasteiger partial charge in [0.25, 0.3) is 17.7 Å². The van der Waals surface area contributed by atoms with Crippen molar-refractivity contribution in [1.29, 1.82) is 0 Å². The number of amides is 3. The van der Waals surface area contributed by atoms with Gasteiger partial charge in [0.1, 0.15) is 0 Å². The van der Waals surface area contributed by atoms with Crippen molar-refractivity contribution in [2.45, 2.75) is 13.8 Å². The Morgan fingerprint density at radius 2 is 1.69 bits per heavy atom. The number of anilines is 2. The van der Waals surface area contributed by atoms with Crippen LogP contribution in [0.3, 0.4) is 0 Å². The zero-order valence-corrected chi connectivity index (χ0v) is 18.9. The normalized spacial score (nSPS) is 13.6. The van der Waals surface area contributed by atoms with E-state index in [-0.39, 0.29) is 23.5 Å². The van der Waals surface area contributed by atoms with Gasteiger partial charge in [0.05, 0.1) is 22.4 Å². The minimum Gasteiger partial charge on any atom is -0.454 e. The molecule has 35 heavy (non-hydrogen) atoms. The van der Waals surface area contributed by atoms with Crippen LogP contribution in [0.5, 0.6) is 11.5 Å². The highest BCUT2D eigenvalue weighted by molar-refractivity contribution is 6.35. The van der Waals surface area contributed by atoms with Crippen LogP contribution in [0.15, 0.2) is 54.6 Å². The van der Waals surface area contributed by atoms with E-state index in [1.54, 1.807) is 24.3 Å². The van der Waals surface area contributed by atoms with Crippen molar-refractivity contribution in [2.75, 3.05) is 23.6 Å². The molecule has 0 unspecified atom stereocenters. The minimum absolute atomic E-state index is 0.0589. The molecule has 0 saturated carbocycles. The molecule has 1 N–H and O–H groups in total. The van der Waals surface area contributed by atoms with E-state index in [9.17, 15) is 19.2 Å². The highest BCUT2D eigenvalue weighted by Crippen LogP contribution is 2.34. The molecular formula is C26H20N2O7. The van der Waals surface area contributed by atoms with Gasteiger partial charge in [0.2, 0.25) is 6.79 Å². The molecule has 2 aliphatic rings. The van der Waals surface area contributed by atoms with E-state index in [1.807, 2.05) is 26.0 Å². The number of fused-ring (bicyclic) bond motifs is 2. The van der Waals surface area contributed by atoms with Crippen LogP contribution in [0.4, 0.5) is 11.4 Å². The molecule has 9 heteroatoms. The molecule has 0 radical (unpaired) electrons. The zero-order valence-electron chi connectivity index (χ0n) is 18.9. The smallest absolute Gasteiger partial charge is 0.338 e. The molecule has 176 valence electrons. The fourth-order valence-electron chi connectivity index (χ4n) is 3.93. The molecule has 5 rings (SSSR count). The molecular weight excluding hydrogens is 452 g/mol. The average molecular weight is 472 g/mol. The first-order chi connectivity index (χ1) is 16.8. The first-order valence-electron chi connectivity index (χ1n) is 10.8. The van der Waals surface area contributed by atoms with Crippen molar-refractivity contribution >= 4 is 35.1 Å². The van der Waals surface area contributed by atoms with Crippen molar-refractivity contribution in [2.24, 2.45) is 0 Å². The third-order valence-electron chi connectivity index (χ3n) is 5.72. The second-order valence-electron chi connectivity index (χ2n) is 8.19. The first-order valence-corrected chi connectivity index (χ1v) is 10.8. The third kappa shape index (κ3) is 4.08. The largest absolute Gasteiger partial charge is 0.454 e. The van der Waals surface area contributed by atoms with Crippen LogP contribution in [-0.4, -0.2) is 37.1 Å². The first kappa shape index (κ1) is 22.1. The lowest BCUT2D eigenvalue weighted by molar-refractivity contribution is -0.119. The second-order valence-corrected chi connectivity index (χ2v) is 8.19. The van der Waals surface area contributed by atoms with Crippen molar-refractivity contribution < 1.29 is 33.4 Å². The van der Waals surface area contributed by atoms with Crippen molar-refractivity contribution in [3.05, 3.63) is 82.4 Å². The Morgan fingerprint density at radius 1 is 0.914 bits per heavy atom. The maximum absolute atomic E-state index is 13.1. The van der Waals surface area contributed by atoms with Gasteiger partial charge in [-0.15, -0.1) is 0 Å². The minimum atomic E-state index is -0.793. The SMILES string of the molecule is Cc1ccc(C)c(N2C(=O)c3ccc(C(=O)OCC(=O)Nc4ccc5c(c4)OCO5)cc3C2=O)c1. The standard InChI is InChI=1S/C26H20N2O7/c1-14-3-4-15(2)20(9-14)28-24(30)18-7-5-16(10-19(18)25(28)31)26(32)33-12-23(29)27-17-6-8-21-22(11-17)35-13-34-21/h3-11H,12-13H2,1-2H3,(H,27,29). The van der Waals surface area contributed by atoms with Gasteiger partial charge in [0, 0.05) is 11.8 Å². The van der Waals surface area contributed by atoms with E-state index in [1.165, 1.54) is 18.2 Å². The maximum Gasteiger partial charge on any atom is 0.338 e. The Balaban J connectivity index is 1.27. The van der Waals surface area contributed by atoms with Gasteiger partial charge in [0.15, 0.2) is 18.1 Å². The van der Waals surface area contributed by atoms with Gasteiger partial charge in [-0.2, -0.15) is 0 Å². The number of rotatable bonds is 5. The zero-order chi connectivity index (χ0) is 24.7. The lowest BCUT2D eigenvalue weighted by Crippen LogP contribution is -2.30. The topological polar surface area (TPSA) is 111 Å². The number of aryl methyl sites for hydroxylation is 2. The third-order valence-corrected chi connectivity index (χ3v) is 5.72. The second kappa shape index (κ2) is 8.60. The summed E-state index contributed by atoms with van der Waals surface area (Å²) in [4.78, 5) is 51.9. The summed E-state index contributed by atoms with van der Waals surface area (Å²) in [6.45, 7) is 3.26. The molecule has 2 aliphatic heterocycles. The Kier molecular flexibility index (Phi) is 5.44. The number of benzene rings is 3. The van der Waals surface area contributed by atoms with Crippen molar-refractivity contribution in [3.8, 4) is 11.5 Å². The Labute approximate surface area is 200 Å². The van der Waals surface area contributed by atoms with Crippen molar-refractivity contribution in [1.82, 2.24) is 0 Å². The molecule has 0 saturated heterocycles. The van der Waals surface area contributed by atoms with Crippen LogP contribution in [0.25, 0.3) is 0 Å². The number of carbonyl (C=O) groups is 4. The molecule has 3 aromatic carbocycles. The van der Waals surface area contributed by atoms with Gasteiger partial charge in [-0.25, -0.2) is 9.69 Å². The fourth-order valence-corrected chi connectivity index (χ4v) is 3.93. The predicted molar refractivity (Wildman–Crippen MR) is 125 cm³/mol. The Morgan fingerprint density at radius 3 is 2.51 bits per heavy atom. The number of esters is 1. The summed E-state index contributed by atoms with van der Waals surface area (Å²) >= 11 is 0. The lowest BCUT2D eigenvalue weighted by atomic mass is 10.1. The molecule has 0 fully saturated rings. The quantitative estimate of drug-likeness (QED) is 0.446. The molecule has 0 aliphatic carbocycles. The van der Waals surface area contributed by atoms with Gasteiger partial charge in [-0.05, 0) is 61.4 Å². The lowest BCUT2D eigenvalue weighted by Gasteiger charge is -2.17. The predicted octanol–water partition coefficient (Wildman–Crippen LogP) is 3.63. The summed E-state index contributed by atoms with van der Waals surface area (Å²) < 4.78 is 15.6. The van der Waals surface area contributed by atoms with Crippen LogP contribution >= 0.6 is 0 Å². The highest BCUT2D eigenvalue weighted by atomic mass is 16.7. The number of ether oxygens (including phenoxy) is 3. The van der Waals surface area contributed by atoms with Gasteiger partial charge in [-0.1, -0.05) is 12.1 Å². The summed E-state index contributed by atoms with van der Waals surface area (Å²) in [5.74, 6) is -1.23. The molecule has 0 spiro atoms. The summed E-state index contributed by atoms with van der Waals surface area (Å²) in [5, 5.41) is 2.61. The van der Waals surface area contributed by atoms with E-state index in [0.29, 0.717) is 22.9 Å². The summed E-state index contributed by atoms with van der Waals surface area (Å²) in [7, 11) is 0. The van der Waals surface area contributed by atoms with Crippen LogP contribution in [-0.2, 0) is 9.53 Å². The van der Waals surface area contributed by atoms with Gasteiger partial charge < -0.3 is 19.5 Å². The molecule has 9 nitrogen and oxygen atoms in total. The van der Waals surface area contributed by atoms with E-state index < -0.39 is 30.3 Å². The average Bonchev–Trinajstić information content (AvgIpc) is 3.41. The van der Waals surface area contributed by atoms with Crippen LogP contribution in [0.1, 0.15) is 42.2 Å². The molecule has 0 aromatic heterocycles. The van der Waals surface area contributed by atoms with Gasteiger partial charge in [-0.3, -0.25) is 14.4 Å². The maximum atomic E-state index is 13.1. The molecule has 0 atom stereocenters. The number of carbonyl (C=O) groups excluding carboxylic acids is 4. The van der Waals surface area contributed by atoms with Crippen LogP contribution < -0.4 is 19.7 Å². The molecule has 3 aromatic rings. The fraction of sp³-hybridized carbons (Fsp3) is 0.154. The summed E-state index contributed by atoms with van der Waals surface area (Å²) in [6.07, 6.45) is 0. The Hall–Kier alpha value is -4.66. The number of hydrogen-bond donors (Lipinski definition) is 1. The van der Waals surface area contributed by atoms with E-state index >= 15 is 0 Å². The van der Waals surface area contributed by atoms with Gasteiger partial charge >= 0.3 is 5.97 Å². The molecule has 0 bridgehead atoms. The number of nitrogens with zero attached hydrogens (tertiary/aromatic N) is 1. The van der Waals surface area contributed by atoms with E-state index in [2.05, 4.69) is 5.32 Å². The van der Waals surface area contributed by atoms with E-state index in [4.69, 9.17) is 14.2 Å². The highest BCUT2D eigenvalue weighted by Gasteiger charge is 2.38.